The normalized spacial score (nSPS) is 12.2. The van der Waals surface area contributed by atoms with Crippen LogP contribution in [0, 0.1) is 5.41 Å². The van der Waals surface area contributed by atoms with Crippen LogP contribution >= 0.6 is 11.6 Å². The Bertz CT molecular complexity index is 1350. The van der Waals surface area contributed by atoms with Gasteiger partial charge in [-0.2, -0.15) is 0 Å². The van der Waals surface area contributed by atoms with E-state index in [1.54, 1.807) is 29.9 Å². The van der Waals surface area contributed by atoms with E-state index in [4.69, 9.17) is 22.1 Å². The van der Waals surface area contributed by atoms with Crippen LogP contribution in [0.15, 0.2) is 53.3 Å². The lowest BCUT2D eigenvalue weighted by Crippen LogP contribution is -2.37. The summed E-state index contributed by atoms with van der Waals surface area (Å²) in [4.78, 5) is 39.5. The van der Waals surface area contributed by atoms with Gasteiger partial charge in [0.15, 0.2) is 0 Å². The summed E-state index contributed by atoms with van der Waals surface area (Å²) >= 11 is 6.08. The van der Waals surface area contributed by atoms with Crippen LogP contribution in [-0.2, 0) is 11.8 Å². The summed E-state index contributed by atoms with van der Waals surface area (Å²) in [5.41, 5.74) is 6.84. The van der Waals surface area contributed by atoms with Crippen LogP contribution in [0.1, 0.15) is 56.1 Å². The molecule has 0 aliphatic rings. The summed E-state index contributed by atoms with van der Waals surface area (Å²) in [7, 11) is 1.78. The molecule has 0 saturated heterocycles. The van der Waals surface area contributed by atoms with Gasteiger partial charge in [-0.1, -0.05) is 50.6 Å². The van der Waals surface area contributed by atoms with Crippen LogP contribution in [0.4, 0.5) is 5.69 Å². The molecule has 0 spiro atoms. The van der Waals surface area contributed by atoms with Crippen molar-refractivity contribution >= 4 is 29.1 Å². The number of ether oxygens (including phenoxy) is 1. The lowest BCUT2D eigenvalue weighted by Gasteiger charge is -2.24. The summed E-state index contributed by atoms with van der Waals surface area (Å²) in [6.07, 6.45) is 0.0667. The molecular weight excluding hydrogens is 506 g/mol. The number of aromatic nitrogens is 2. The van der Waals surface area contributed by atoms with Crippen molar-refractivity contribution in [1.29, 1.82) is 0 Å². The van der Waals surface area contributed by atoms with Crippen LogP contribution in [0.3, 0.4) is 0 Å². The number of rotatable bonds is 11. The van der Waals surface area contributed by atoms with Gasteiger partial charge in [-0.25, -0.2) is 4.68 Å². The van der Waals surface area contributed by atoms with Crippen molar-refractivity contribution in [2.24, 2.45) is 18.2 Å². The smallest absolute Gasteiger partial charge is 0.295 e. The number of benzene rings is 2. The van der Waals surface area contributed by atoms with Crippen LogP contribution in [0.25, 0.3) is 5.69 Å². The second kappa shape index (κ2) is 12.3. The Morgan fingerprint density at radius 2 is 1.84 bits per heavy atom. The minimum absolute atomic E-state index is 0.0667. The fourth-order valence-corrected chi connectivity index (χ4v) is 4.50. The van der Waals surface area contributed by atoms with Gasteiger partial charge in [0.2, 0.25) is 5.91 Å². The van der Waals surface area contributed by atoms with E-state index in [-0.39, 0.29) is 41.9 Å². The summed E-state index contributed by atoms with van der Waals surface area (Å²) < 4.78 is 8.79. The van der Waals surface area contributed by atoms with Gasteiger partial charge in [-0.05, 0) is 42.7 Å². The van der Waals surface area contributed by atoms with Crippen LogP contribution in [0.5, 0.6) is 5.75 Å². The summed E-state index contributed by atoms with van der Waals surface area (Å²) in [5.74, 6) is -0.421. The van der Waals surface area contributed by atoms with Crippen molar-refractivity contribution in [3.63, 3.8) is 0 Å². The SMILES string of the molecule is CCOc1ccc(Cl)cc1C(=O)NCC(C)(C)CC(=O)Nc1c(C(C)CN)n(C)n(-c2ccccc2)c1=O. The second-order valence-corrected chi connectivity index (χ2v) is 10.5. The monoisotopic (exact) mass is 541 g/mol. The van der Waals surface area contributed by atoms with Gasteiger partial charge >= 0.3 is 0 Å². The molecule has 0 aliphatic carbocycles. The first-order valence-electron chi connectivity index (χ1n) is 12.6. The fourth-order valence-electron chi connectivity index (χ4n) is 4.33. The van der Waals surface area contributed by atoms with E-state index < -0.39 is 5.41 Å². The number of hydrogen-bond acceptors (Lipinski definition) is 5. The highest BCUT2D eigenvalue weighted by molar-refractivity contribution is 6.31. The number of carbonyl (C=O) groups is 2. The third-order valence-electron chi connectivity index (χ3n) is 6.25. The van der Waals surface area contributed by atoms with Crippen LogP contribution < -0.4 is 26.7 Å². The van der Waals surface area contributed by atoms with Crippen molar-refractivity contribution in [2.45, 2.75) is 40.0 Å². The van der Waals surface area contributed by atoms with E-state index in [2.05, 4.69) is 10.6 Å². The predicted octanol–water partition coefficient (Wildman–Crippen LogP) is 4.08. The van der Waals surface area contributed by atoms with Gasteiger partial charge in [-0.15, -0.1) is 0 Å². The zero-order valence-electron chi connectivity index (χ0n) is 22.5. The molecule has 0 fully saturated rings. The first kappa shape index (κ1) is 29.0. The lowest BCUT2D eigenvalue weighted by molar-refractivity contribution is -0.118. The molecule has 2 aromatic carbocycles. The van der Waals surface area contributed by atoms with Gasteiger partial charge < -0.3 is 21.1 Å². The summed E-state index contributed by atoms with van der Waals surface area (Å²) in [5, 5.41) is 6.13. The topological polar surface area (TPSA) is 120 Å². The van der Waals surface area contributed by atoms with E-state index in [1.807, 2.05) is 58.0 Å². The van der Waals surface area contributed by atoms with E-state index in [9.17, 15) is 14.4 Å². The first-order valence-corrected chi connectivity index (χ1v) is 12.9. The number of nitrogens with zero attached hydrogens (tertiary/aromatic N) is 2. The fraction of sp³-hybridized carbons (Fsp3) is 0.393. The molecule has 1 heterocycles. The second-order valence-electron chi connectivity index (χ2n) is 10.0. The standard InChI is InChI=1S/C28H36ClN5O4/c1-6-38-22-13-12-19(29)14-21(22)26(36)31-17-28(3,4)15-23(35)32-24-25(18(2)16-30)33(5)34(27(24)37)20-10-8-7-9-11-20/h7-14,18H,6,15-17,30H2,1-5H3,(H,31,36)(H,32,35). The van der Waals surface area contributed by atoms with Gasteiger partial charge in [0.25, 0.3) is 11.5 Å². The Balaban J connectivity index is 1.77. The molecule has 0 saturated carbocycles. The molecule has 1 aromatic heterocycles. The number of nitrogens with one attached hydrogen (secondary N) is 2. The Labute approximate surface area is 227 Å². The van der Waals surface area contributed by atoms with Gasteiger partial charge in [0, 0.05) is 37.5 Å². The molecule has 4 N–H and O–H groups in total. The molecule has 2 amide bonds. The molecule has 204 valence electrons. The van der Waals surface area contributed by atoms with Crippen molar-refractivity contribution in [3.05, 3.63) is 75.2 Å². The molecule has 1 atom stereocenters. The zero-order chi connectivity index (χ0) is 28.0. The maximum atomic E-state index is 13.4. The summed E-state index contributed by atoms with van der Waals surface area (Å²) in [6, 6.07) is 14.1. The summed E-state index contributed by atoms with van der Waals surface area (Å²) in [6.45, 7) is 8.40. The Kier molecular flexibility index (Phi) is 9.40. The minimum atomic E-state index is -0.614. The maximum absolute atomic E-state index is 13.4. The van der Waals surface area contributed by atoms with E-state index in [1.165, 1.54) is 4.68 Å². The molecule has 1 unspecified atom stereocenters. The van der Waals surface area contributed by atoms with Crippen molar-refractivity contribution in [1.82, 2.24) is 14.7 Å². The zero-order valence-corrected chi connectivity index (χ0v) is 23.3. The van der Waals surface area contributed by atoms with E-state index in [0.717, 1.165) is 0 Å². The van der Waals surface area contributed by atoms with Crippen molar-refractivity contribution in [3.8, 4) is 11.4 Å². The third-order valence-corrected chi connectivity index (χ3v) is 6.48. The molecule has 3 aromatic rings. The highest BCUT2D eigenvalue weighted by Crippen LogP contribution is 2.26. The van der Waals surface area contributed by atoms with Gasteiger partial charge in [0.1, 0.15) is 11.4 Å². The molecule has 38 heavy (non-hydrogen) atoms. The van der Waals surface area contributed by atoms with Crippen molar-refractivity contribution < 1.29 is 14.3 Å². The highest BCUT2D eigenvalue weighted by atomic mass is 35.5. The number of hydrogen-bond donors (Lipinski definition) is 3. The van der Waals surface area contributed by atoms with Crippen LogP contribution in [0.2, 0.25) is 5.02 Å². The molecule has 0 radical (unpaired) electrons. The lowest BCUT2D eigenvalue weighted by atomic mass is 9.88. The first-order chi connectivity index (χ1) is 18.0. The third kappa shape index (κ3) is 6.65. The molecule has 10 heteroatoms. The molecule has 0 aliphatic heterocycles. The number of carbonyl (C=O) groups excluding carboxylic acids is 2. The Hall–Kier alpha value is -3.56. The van der Waals surface area contributed by atoms with Gasteiger partial charge in [0.05, 0.1) is 23.6 Å². The Morgan fingerprint density at radius 3 is 2.47 bits per heavy atom. The molecule has 3 rings (SSSR count). The van der Waals surface area contributed by atoms with Crippen molar-refractivity contribution in [2.75, 3.05) is 25.0 Å². The predicted molar refractivity (Wildman–Crippen MR) is 150 cm³/mol. The average Bonchev–Trinajstić information content (AvgIpc) is 3.12. The number of para-hydroxylation sites is 1. The highest BCUT2D eigenvalue weighted by Gasteiger charge is 2.28. The number of amides is 2. The molecular formula is C28H36ClN5O4. The van der Waals surface area contributed by atoms with Gasteiger partial charge in [-0.3, -0.25) is 19.1 Å². The van der Waals surface area contributed by atoms with E-state index >= 15 is 0 Å². The number of anilines is 1. The van der Waals surface area contributed by atoms with E-state index in [0.29, 0.717) is 40.9 Å². The molecule has 0 bridgehead atoms. The van der Waals surface area contributed by atoms with Crippen LogP contribution in [-0.4, -0.2) is 40.9 Å². The Morgan fingerprint density at radius 1 is 1.16 bits per heavy atom. The maximum Gasteiger partial charge on any atom is 0.295 e. The molecule has 9 nitrogen and oxygen atoms in total. The number of halogens is 1. The number of nitrogens with two attached hydrogens (primary N) is 1. The minimum Gasteiger partial charge on any atom is -0.493 e. The average molecular weight is 542 g/mol. The quantitative estimate of drug-likeness (QED) is 0.338. The largest absolute Gasteiger partial charge is 0.493 e.